The summed E-state index contributed by atoms with van der Waals surface area (Å²) >= 11 is 0. The summed E-state index contributed by atoms with van der Waals surface area (Å²) in [5.41, 5.74) is 2.64. The molecule has 0 aliphatic heterocycles. The second-order valence-electron chi connectivity index (χ2n) is 2.77. The molecule has 1 rings (SSSR count). The molecule has 0 N–H and O–H groups in total. The van der Waals surface area contributed by atoms with Gasteiger partial charge >= 0.3 is 0 Å². The van der Waals surface area contributed by atoms with Crippen LogP contribution in [0.3, 0.4) is 0 Å². The summed E-state index contributed by atoms with van der Waals surface area (Å²) in [6.45, 7) is 1.81. The highest BCUT2D eigenvalue weighted by atomic mass is 16.2. The van der Waals surface area contributed by atoms with Crippen molar-refractivity contribution in [1.82, 2.24) is 0 Å². The Kier molecular flexibility index (Phi) is 2.84. The SMILES string of the molecule is Cc1cc(C#N)cc(CC[O])c1. The maximum atomic E-state index is 10.3. The standard InChI is InChI=1S/C10H10NO/c1-8-4-9(2-3-12)6-10(5-8)7-11/h4-6H,2-3H2,1H3. The predicted molar refractivity (Wildman–Crippen MR) is 45.2 cm³/mol. The van der Waals surface area contributed by atoms with Crippen molar-refractivity contribution in [1.29, 1.82) is 5.26 Å². The molecule has 0 unspecified atom stereocenters. The first-order chi connectivity index (χ1) is 5.76. The fourth-order valence-electron chi connectivity index (χ4n) is 1.19. The van der Waals surface area contributed by atoms with Gasteiger partial charge in [-0.3, -0.25) is 0 Å². The molecule has 0 fully saturated rings. The maximum Gasteiger partial charge on any atom is 0.0991 e. The molecule has 0 saturated heterocycles. The van der Waals surface area contributed by atoms with Crippen molar-refractivity contribution in [3.05, 3.63) is 34.9 Å². The van der Waals surface area contributed by atoms with Crippen LogP contribution in [0.25, 0.3) is 0 Å². The number of nitriles is 1. The van der Waals surface area contributed by atoms with Gasteiger partial charge in [-0.1, -0.05) is 6.07 Å². The van der Waals surface area contributed by atoms with Crippen molar-refractivity contribution in [3.8, 4) is 6.07 Å². The number of rotatable bonds is 2. The van der Waals surface area contributed by atoms with Crippen LogP contribution >= 0.6 is 0 Å². The van der Waals surface area contributed by atoms with Gasteiger partial charge in [-0.2, -0.15) is 5.26 Å². The van der Waals surface area contributed by atoms with E-state index in [1.54, 1.807) is 6.07 Å². The van der Waals surface area contributed by atoms with Crippen molar-refractivity contribution in [3.63, 3.8) is 0 Å². The van der Waals surface area contributed by atoms with Crippen LogP contribution in [-0.2, 0) is 11.5 Å². The third-order valence-corrected chi connectivity index (χ3v) is 1.66. The Bertz CT molecular complexity index is 312. The lowest BCUT2D eigenvalue weighted by atomic mass is 10.1. The summed E-state index contributed by atoms with van der Waals surface area (Å²) in [5, 5.41) is 19.0. The topological polar surface area (TPSA) is 43.7 Å². The average molecular weight is 160 g/mol. The molecule has 0 atom stereocenters. The zero-order valence-electron chi connectivity index (χ0n) is 7.00. The number of nitrogens with zero attached hydrogens (tertiary/aromatic N) is 1. The Labute approximate surface area is 72.1 Å². The molecule has 0 aliphatic rings. The number of hydrogen-bond donors (Lipinski definition) is 0. The van der Waals surface area contributed by atoms with Gasteiger partial charge in [0, 0.05) is 0 Å². The molecule has 12 heavy (non-hydrogen) atoms. The molecule has 61 valence electrons. The molecule has 0 aromatic heterocycles. The average Bonchev–Trinajstić information content (AvgIpc) is 2.04. The van der Waals surface area contributed by atoms with E-state index in [9.17, 15) is 5.11 Å². The van der Waals surface area contributed by atoms with Gasteiger partial charge in [0.1, 0.15) is 0 Å². The molecule has 0 heterocycles. The molecular weight excluding hydrogens is 150 g/mol. The van der Waals surface area contributed by atoms with Gasteiger partial charge in [-0.05, 0) is 36.6 Å². The molecule has 1 aromatic carbocycles. The molecule has 2 nitrogen and oxygen atoms in total. The van der Waals surface area contributed by atoms with E-state index >= 15 is 0 Å². The van der Waals surface area contributed by atoms with E-state index in [0.717, 1.165) is 11.1 Å². The highest BCUT2D eigenvalue weighted by Gasteiger charge is 1.97. The van der Waals surface area contributed by atoms with Crippen LogP contribution in [0, 0.1) is 18.3 Å². The van der Waals surface area contributed by atoms with E-state index in [4.69, 9.17) is 5.26 Å². The zero-order valence-corrected chi connectivity index (χ0v) is 7.00. The molecular formula is C10H10NO. The fraction of sp³-hybridized carbons (Fsp3) is 0.300. The molecule has 2 heteroatoms. The second-order valence-corrected chi connectivity index (χ2v) is 2.77. The van der Waals surface area contributed by atoms with Gasteiger partial charge in [-0.15, -0.1) is 0 Å². The van der Waals surface area contributed by atoms with Crippen LogP contribution in [0.5, 0.6) is 0 Å². The van der Waals surface area contributed by atoms with Crippen molar-refractivity contribution >= 4 is 0 Å². The van der Waals surface area contributed by atoms with Crippen LogP contribution in [-0.4, -0.2) is 6.61 Å². The third kappa shape index (κ3) is 2.08. The first kappa shape index (κ1) is 8.76. The number of benzene rings is 1. The Morgan fingerprint density at radius 3 is 2.75 bits per heavy atom. The largest absolute Gasteiger partial charge is 0.236 e. The van der Waals surface area contributed by atoms with Crippen LogP contribution in [0.1, 0.15) is 16.7 Å². The van der Waals surface area contributed by atoms with Crippen molar-refractivity contribution in [2.45, 2.75) is 13.3 Å². The molecule has 0 saturated carbocycles. The number of aryl methyl sites for hydroxylation is 1. The second kappa shape index (κ2) is 3.89. The zero-order chi connectivity index (χ0) is 8.97. The smallest absolute Gasteiger partial charge is 0.0991 e. The quantitative estimate of drug-likeness (QED) is 0.651. The lowest BCUT2D eigenvalue weighted by molar-refractivity contribution is 0.197. The number of hydrogen-bond acceptors (Lipinski definition) is 1. The first-order valence-electron chi connectivity index (χ1n) is 3.85. The van der Waals surface area contributed by atoms with Gasteiger partial charge < -0.3 is 0 Å². The summed E-state index contributed by atoms with van der Waals surface area (Å²) in [6, 6.07) is 7.59. The van der Waals surface area contributed by atoms with E-state index in [-0.39, 0.29) is 6.61 Å². The Morgan fingerprint density at radius 1 is 1.42 bits per heavy atom. The minimum Gasteiger partial charge on any atom is -0.236 e. The van der Waals surface area contributed by atoms with E-state index < -0.39 is 0 Å². The van der Waals surface area contributed by atoms with Gasteiger partial charge in [0.15, 0.2) is 0 Å². The Hall–Kier alpha value is -1.33. The minimum absolute atomic E-state index is 0.117. The summed E-state index contributed by atoms with van der Waals surface area (Å²) in [5.74, 6) is 0. The molecule has 0 amide bonds. The first-order valence-corrected chi connectivity index (χ1v) is 3.85. The van der Waals surface area contributed by atoms with E-state index in [2.05, 4.69) is 6.07 Å². The highest BCUT2D eigenvalue weighted by Crippen LogP contribution is 2.09. The Balaban J connectivity index is 3.00. The molecule has 1 radical (unpaired) electrons. The van der Waals surface area contributed by atoms with E-state index in [0.29, 0.717) is 12.0 Å². The highest BCUT2D eigenvalue weighted by molar-refractivity contribution is 5.36. The monoisotopic (exact) mass is 160 g/mol. The Morgan fingerprint density at radius 2 is 2.17 bits per heavy atom. The van der Waals surface area contributed by atoms with Crippen molar-refractivity contribution < 1.29 is 5.11 Å². The van der Waals surface area contributed by atoms with E-state index in [1.807, 2.05) is 19.1 Å². The summed E-state index contributed by atoms with van der Waals surface area (Å²) in [6.07, 6.45) is 0.510. The fourth-order valence-corrected chi connectivity index (χ4v) is 1.19. The van der Waals surface area contributed by atoms with Crippen LogP contribution < -0.4 is 0 Å². The summed E-state index contributed by atoms with van der Waals surface area (Å²) < 4.78 is 0. The van der Waals surface area contributed by atoms with Gasteiger partial charge in [0.2, 0.25) is 0 Å². The van der Waals surface area contributed by atoms with Crippen LogP contribution in [0.4, 0.5) is 0 Å². The maximum absolute atomic E-state index is 10.3. The molecule has 0 bridgehead atoms. The minimum atomic E-state index is -0.117. The lowest BCUT2D eigenvalue weighted by Crippen LogP contribution is -1.91. The normalized spacial score (nSPS) is 9.42. The van der Waals surface area contributed by atoms with Crippen molar-refractivity contribution in [2.75, 3.05) is 6.61 Å². The lowest BCUT2D eigenvalue weighted by Gasteiger charge is -1.99. The van der Waals surface area contributed by atoms with Gasteiger partial charge in [0.05, 0.1) is 18.2 Å². The molecule has 0 spiro atoms. The van der Waals surface area contributed by atoms with Crippen LogP contribution in [0.2, 0.25) is 0 Å². The summed E-state index contributed by atoms with van der Waals surface area (Å²) in [4.78, 5) is 0. The predicted octanol–water partition coefficient (Wildman–Crippen LogP) is 1.84. The van der Waals surface area contributed by atoms with E-state index in [1.165, 1.54) is 0 Å². The van der Waals surface area contributed by atoms with Crippen LogP contribution in [0.15, 0.2) is 18.2 Å². The third-order valence-electron chi connectivity index (χ3n) is 1.66. The van der Waals surface area contributed by atoms with Gasteiger partial charge in [-0.25, -0.2) is 5.11 Å². The molecule has 0 aliphatic carbocycles. The van der Waals surface area contributed by atoms with Crippen molar-refractivity contribution in [2.24, 2.45) is 0 Å². The van der Waals surface area contributed by atoms with Gasteiger partial charge in [0.25, 0.3) is 0 Å². The molecule has 1 aromatic rings. The summed E-state index contributed by atoms with van der Waals surface area (Å²) in [7, 11) is 0.